The van der Waals surface area contributed by atoms with Crippen LogP contribution in [0.2, 0.25) is 0 Å². The molecule has 0 heterocycles. The van der Waals surface area contributed by atoms with Gasteiger partial charge in [0.05, 0.1) is 0 Å². The van der Waals surface area contributed by atoms with Crippen molar-refractivity contribution in [3.8, 4) is 0 Å². The fraction of sp³-hybridized carbons (Fsp3) is 0.111. The summed E-state index contributed by atoms with van der Waals surface area (Å²) in [6.07, 6.45) is -1.59. The van der Waals surface area contributed by atoms with Crippen LogP contribution in [0.4, 0.5) is 10.5 Å². The van der Waals surface area contributed by atoms with Crippen molar-refractivity contribution < 1.29 is 19.4 Å². The maximum Gasteiger partial charge on any atom is 0.513 e. The summed E-state index contributed by atoms with van der Waals surface area (Å²) in [5.41, 5.74) is 0.731. The zero-order valence-corrected chi connectivity index (χ0v) is 7.27. The van der Waals surface area contributed by atoms with Crippen molar-refractivity contribution in [2.24, 2.45) is 0 Å². The van der Waals surface area contributed by atoms with Gasteiger partial charge in [-0.25, -0.2) is 9.59 Å². The molecule has 0 aromatic heterocycles. The van der Waals surface area contributed by atoms with Gasteiger partial charge in [0.15, 0.2) is 0 Å². The summed E-state index contributed by atoms with van der Waals surface area (Å²) < 4.78 is 3.89. The molecule has 0 unspecified atom stereocenters. The molecule has 2 N–H and O–H groups in total. The van der Waals surface area contributed by atoms with Gasteiger partial charge >= 0.3 is 12.1 Å². The normalized spacial score (nSPS) is 9.14. The Kier molecular flexibility index (Phi) is 3.49. The van der Waals surface area contributed by atoms with Gasteiger partial charge in [-0.05, 0) is 12.1 Å². The van der Waals surface area contributed by atoms with Crippen LogP contribution in [0, 0.1) is 0 Å². The maximum atomic E-state index is 10.8. The first-order valence-electron chi connectivity index (χ1n) is 3.91. The van der Waals surface area contributed by atoms with Gasteiger partial charge in [0, 0.05) is 5.69 Å². The Balaban J connectivity index is 2.34. The van der Waals surface area contributed by atoms with Crippen LogP contribution in [0.1, 0.15) is 0 Å². The molecule has 0 aliphatic rings. The van der Waals surface area contributed by atoms with Crippen LogP contribution in [0.25, 0.3) is 0 Å². The minimum atomic E-state index is -1.59. The molecule has 0 radical (unpaired) electrons. The number of carboxylic acid groups (broad SMARTS) is 1. The summed E-state index contributed by atoms with van der Waals surface area (Å²) in [5, 5.41) is 10.8. The van der Waals surface area contributed by atoms with Gasteiger partial charge in [-0.3, -0.25) is 0 Å². The van der Waals surface area contributed by atoms with Gasteiger partial charge in [0.2, 0.25) is 0 Å². The summed E-state index contributed by atoms with van der Waals surface area (Å²) in [6, 6.07) is 8.94. The Morgan fingerprint density at radius 3 is 2.50 bits per heavy atom. The summed E-state index contributed by atoms with van der Waals surface area (Å²) in [4.78, 5) is 20.7. The molecule has 74 valence electrons. The van der Waals surface area contributed by atoms with Crippen LogP contribution >= 0.6 is 0 Å². The quantitative estimate of drug-likeness (QED) is 0.562. The third-order valence-electron chi connectivity index (χ3n) is 1.41. The molecule has 5 heteroatoms. The largest absolute Gasteiger partial charge is 0.513 e. The van der Waals surface area contributed by atoms with E-state index in [-0.39, 0.29) is 6.54 Å². The number of rotatable bonds is 3. The van der Waals surface area contributed by atoms with Crippen molar-refractivity contribution in [2.75, 3.05) is 11.9 Å². The number of hydrogen-bond acceptors (Lipinski definition) is 4. The van der Waals surface area contributed by atoms with E-state index in [1.165, 1.54) is 0 Å². The van der Waals surface area contributed by atoms with Gasteiger partial charge < -0.3 is 15.2 Å². The molecule has 5 nitrogen and oxygen atoms in total. The average Bonchev–Trinajstić information content (AvgIpc) is 2.15. The monoisotopic (exact) mass is 195 g/mol. The minimum Gasteiger partial charge on any atom is -0.449 e. The molecule has 0 aliphatic heterocycles. The molecular weight excluding hydrogens is 186 g/mol. The van der Waals surface area contributed by atoms with Crippen LogP contribution in [0.5, 0.6) is 0 Å². The van der Waals surface area contributed by atoms with Crippen LogP contribution < -0.4 is 5.32 Å². The fourth-order valence-corrected chi connectivity index (χ4v) is 0.864. The van der Waals surface area contributed by atoms with E-state index < -0.39 is 12.1 Å². The van der Waals surface area contributed by atoms with Gasteiger partial charge in [0.25, 0.3) is 0 Å². The van der Waals surface area contributed by atoms with E-state index >= 15 is 0 Å². The second kappa shape index (κ2) is 4.86. The highest BCUT2D eigenvalue weighted by Gasteiger charge is 2.06. The van der Waals surface area contributed by atoms with Crippen molar-refractivity contribution in [1.82, 2.24) is 0 Å². The topological polar surface area (TPSA) is 75.6 Å². The van der Waals surface area contributed by atoms with E-state index in [0.29, 0.717) is 0 Å². The highest BCUT2D eigenvalue weighted by Crippen LogP contribution is 2.03. The first-order chi connectivity index (χ1) is 6.68. The maximum absolute atomic E-state index is 10.8. The molecule has 14 heavy (non-hydrogen) atoms. The van der Waals surface area contributed by atoms with E-state index in [9.17, 15) is 9.59 Å². The van der Waals surface area contributed by atoms with Crippen molar-refractivity contribution in [3.05, 3.63) is 30.3 Å². The number of anilines is 1. The lowest BCUT2D eigenvalue weighted by Crippen LogP contribution is -2.19. The molecule has 0 aliphatic carbocycles. The SMILES string of the molecule is O=C(O)OC(=O)CNc1ccccc1. The van der Waals surface area contributed by atoms with Gasteiger partial charge in [0.1, 0.15) is 6.54 Å². The van der Waals surface area contributed by atoms with Crippen LogP contribution in [0.15, 0.2) is 30.3 Å². The molecule has 1 rings (SSSR count). The van der Waals surface area contributed by atoms with E-state index in [4.69, 9.17) is 5.11 Å². The number of para-hydroxylation sites is 1. The van der Waals surface area contributed by atoms with Gasteiger partial charge in [-0.2, -0.15) is 0 Å². The fourth-order valence-electron chi connectivity index (χ4n) is 0.864. The third-order valence-corrected chi connectivity index (χ3v) is 1.41. The Morgan fingerprint density at radius 2 is 1.93 bits per heavy atom. The molecule has 0 bridgehead atoms. The number of nitrogens with one attached hydrogen (secondary N) is 1. The molecule has 0 amide bonds. The van der Waals surface area contributed by atoms with E-state index in [0.717, 1.165) is 5.69 Å². The Morgan fingerprint density at radius 1 is 1.29 bits per heavy atom. The number of benzene rings is 1. The van der Waals surface area contributed by atoms with Crippen LogP contribution in [-0.4, -0.2) is 23.8 Å². The van der Waals surface area contributed by atoms with E-state index in [1.54, 1.807) is 24.3 Å². The Bertz CT molecular complexity index is 323. The molecule has 0 saturated heterocycles. The van der Waals surface area contributed by atoms with E-state index in [2.05, 4.69) is 10.1 Å². The van der Waals surface area contributed by atoms with Gasteiger partial charge in [-0.15, -0.1) is 0 Å². The lowest BCUT2D eigenvalue weighted by Gasteiger charge is -2.03. The predicted molar refractivity (Wildman–Crippen MR) is 49.0 cm³/mol. The molecule has 1 aromatic carbocycles. The van der Waals surface area contributed by atoms with E-state index in [1.807, 2.05) is 6.07 Å². The lowest BCUT2D eigenvalue weighted by atomic mass is 10.3. The van der Waals surface area contributed by atoms with Crippen molar-refractivity contribution in [1.29, 1.82) is 0 Å². The molecule has 0 spiro atoms. The summed E-state index contributed by atoms with van der Waals surface area (Å²) >= 11 is 0. The second-order valence-electron chi connectivity index (χ2n) is 2.46. The number of hydrogen-bond donors (Lipinski definition) is 2. The summed E-state index contributed by atoms with van der Waals surface area (Å²) in [5.74, 6) is -0.832. The Hall–Kier alpha value is -2.04. The van der Waals surface area contributed by atoms with Gasteiger partial charge in [-0.1, -0.05) is 18.2 Å². The highest BCUT2D eigenvalue weighted by molar-refractivity contribution is 5.83. The average molecular weight is 195 g/mol. The molecule has 1 aromatic rings. The number of esters is 1. The molecular formula is C9H9NO4. The zero-order chi connectivity index (χ0) is 10.4. The first kappa shape index (κ1) is 10.0. The minimum absolute atomic E-state index is 0.170. The highest BCUT2D eigenvalue weighted by atomic mass is 16.7. The van der Waals surface area contributed by atoms with Crippen molar-refractivity contribution >= 4 is 17.8 Å². The summed E-state index contributed by atoms with van der Waals surface area (Å²) in [6.45, 7) is -0.170. The predicted octanol–water partition coefficient (Wildman–Crippen LogP) is 1.32. The lowest BCUT2D eigenvalue weighted by molar-refractivity contribution is -0.136. The second-order valence-corrected chi connectivity index (χ2v) is 2.46. The number of ether oxygens (including phenoxy) is 1. The van der Waals surface area contributed by atoms with Crippen LogP contribution in [-0.2, 0) is 9.53 Å². The van der Waals surface area contributed by atoms with Crippen LogP contribution in [0.3, 0.4) is 0 Å². The first-order valence-corrected chi connectivity index (χ1v) is 3.91. The molecule has 0 atom stereocenters. The summed E-state index contributed by atoms with van der Waals surface area (Å²) in [7, 11) is 0. The third kappa shape index (κ3) is 3.57. The van der Waals surface area contributed by atoms with Crippen molar-refractivity contribution in [2.45, 2.75) is 0 Å². The molecule has 0 fully saturated rings. The number of carbonyl (C=O) groups is 2. The molecule has 0 saturated carbocycles. The Labute approximate surface area is 80.3 Å². The zero-order valence-electron chi connectivity index (χ0n) is 7.27. The standard InChI is InChI=1S/C9H9NO4/c11-8(14-9(12)13)6-10-7-4-2-1-3-5-7/h1-5,10H,6H2,(H,12,13). The number of carbonyl (C=O) groups excluding carboxylic acids is 1. The smallest absolute Gasteiger partial charge is 0.449 e. The van der Waals surface area contributed by atoms with Crippen molar-refractivity contribution in [3.63, 3.8) is 0 Å².